The van der Waals surface area contributed by atoms with Crippen molar-refractivity contribution in [3.63, 3.8) is 0 Å². The van der Waals surface area contributed by atoms with Gasteiger partial charge in [0.2, 0.25) is 4.80 Å². The van der Waals surface area contributed by atoms with Gasteiger partial charge in [0.1, 0.15) is 0 Å². The molecule has 0 bridgehead atoms. The topological polar surface area (TPSA) is 72.8 Å². The predicted molar refractivity (Wildman–Crippen MR) is 128 cm³/mol. The van der Waals surface area contributed by atoms with Crippen LogP contribution in [0.4, 0.5) is 11.4 Å². The summed E-state index contributed by atoms with van der Waals surface area (Å²) >= 11 is 1.50. The largest absolute Gasteiger partial charge is 0.269 e. The fraction of sp³-hybridized carbons (Fsp3) is 0.333. The van der Waals surface area contributed by atoms with Gasteiger partial charge in [-0.05, 0) is 55.0 Å². The molecule has 0 N–H and O–H groups in total. The minimum absolute atomic E-state index is 0.0696. The second-order valence-electron chi connectivity index (χ2n) is 8.31. The van der Waals surface area contributed by atoms with Gasteiger partial charge >= 0.3 is 0 Å². The number of non-ortho nitro benzene ring substituents is 1. The molecule has 0 aliphatic carbocycles. The van der Waals surface area contributed by atoms with Crippen molar-refractivity contribution >= 4 is 28.4 Å². The smallest absolute Gasteiger partial charge is 0.258 e. The number of nitro benzene ring substituents is 1. The Morgan fingerprint density at radius 1 is 1.06 bits per heavy atom. The number of nitrogens with zero attached hydrogens (tertiary/aromatic N) is 4. The van der Waals surface area contributed by atoms with Crippen LogP contribution in [0.15, 0.2) is 64.0 Å². The standard InChI is InChI=1S/C24H28N4O2S/c1-16(2)14-18(5)26-27-23(20-8-12-22(13-9-20)28(29)30)15-31-24(27)25-21-10-6-19(7-11-21)17(3)4/h6-13,15-17H,14H2,1-5H3. The Balaban J connectivity index is 2.10. The van der Waals surface area contributed by atoms with Crippen LogP contribution in [0.1, 0.15) is 52.5 Å². The second-order valence-corrected chi connectivity index (χ2v) is 9.15. The number of hydrogen-bond acceptors (Lipinski definition) is 5. The zero-order valence-electron chi connectivity index (χ0n) is 18.6. The highest BCUT2D eigenvalue weighted by Crippen LogP contribution is 2.24. The molecule has 162 valence electrons. The molecule has 0 saturated heterocycles. The van der Waals surface area contributed by atoms with Crippen molar-refractivity contribution < 1.29 is 4.92 Å². The third kappa shape index (κ3) is 5.76. The van der Waals surface area contributed by atoms with Crippen molar-refractivity contribution in [3.8, 4) is 11.3 Å². The zero-order valence-corrected chi connectivity index (χ0v) is 19.4. The summed E-state index contributed by atoms with van der Waals surface area (Å²) in [4.78, 5) is 16.2. The van der Waals surface area contributed by atoms with Crippen molar-refractivity contribution in [3.05, 3.63) is 74.4 Å². The van der Waals surface area contributed by atoms with Gasteiger partial charge in [0.15, 0.2) is 0 Å². The summed E-state index contributed by atoms with van der Waals surface area (Å²) < 4.78 is 1.85. The molecule has 0 radical (unpaired) electrons. The van der Waals surface area contributed by atoms with E-state index in [0.717, 1.165) is 33.9 Å². The first-order chi connectivity index (χ1) is 14.7. The maximum absolute atomic E-state index is 11.0. The third-order valence-corrected chi connectivity index (χ3v) is 5.63. The number of benzene rings is 2. The van der Waals surface area contributed by atoms with Gasteiger partial charge in [0.05, 0.1) is 16.3 Å². The molecule has 2 aromatic carbocycles. The summed E-state index contributed by atoms with van der Waals surface area (Å²) in [7, 11) is 0. The van der Waals surface area contributed by atoms with Crippen LogP contribution < -0.4 is 4.80 Å². The lowest BCUT2D eigenvalue weighted by atomic mass is 10.0. The first-order valence-electron chi connectivity index (χ1n) is 10.4. The maximum Gasteiger partial charge on any atom is 0.269 e. The molecule has 3 rings (SSSR count). The molecule has 0 atom stereocenters. The third-order valence-electron chi connectivity index (χ3n) is 4.82. The van der Waals surface area contributed by atoms with E-state index in [1.54, 1.807) is 12.1 Å². The molecule has 0 aliphatic heterocycles. The molecule has 0 amide bonds. The first kappa shape index (κ1) is 22.6. The molecular weight excluding hydrogens is 408 g/mol. The van der Waals surface area contributed by atoms with Gasteiger partial charge in [-0.1, -0.05) is 39.8 Å². The van der Waals surface area contributed by atoms with E-state index in [4.69, 9.17) is 10.1 Å². The second kappa shape index (κ2) is 9.83. The summed E-state index contributed by atoms with van der Waals surface area (Å²) in [6.45, 7) is 10.7. The zero-order chi connectivity index (χ0) is 22.5. The van der Waals surface area contributed by atoms with Crippen LogP contribution in [0.3, 0.4) is 0 Å². The Morgan fingerprint density at radius 2 is 1.71 bits per heavy atom. The molecule has 6 nitrogen and oxygen atoms in total. The molecule has 1 aromatic heterocycles. The number of thiazole rings is 1. The molecule has 3 aromatic rings. The Bertz CT molecular complexity index is 1140. The fourth-order valence-electron chi connectivity index (χ4n) is 3.27. The lowest BCUT2D eigenvalue weighted by molar-refractivity contribution is -0.384. The van der Waals surface area contributed by atoms with Gasteiger partial charge in [-0.25, -0.2) is 9.67 Å². The van der Waals surface area contributed by atoms with Crippen LogP contribution in [-0.4, -0.2) is 15.3 Å². The van der Waals surface area contributed by atoms with E-state index in [-0.39, 0.29) is 5.69 Å². The van der Waals surface area contributed by atoms with Crippen LogP contribution in [0, 0.1) is 16.0 Å². The SMILES string of the molecule is CC(CC(C)C)=Nn1c(-c2ccc([N+](=O)[O-])cc2)csc1=Nc1ccc(C(C)C)cc1. The lowest BCUT2D eigenvalue weighted by Crippen LogP contribution is -2.14. The van der Waals surface area contributed by atoms with Gasteiger partial charge in [-0.15, -0.1) is 11.3 Å². The molecule has 7 heteroatoms. The normalized spacial score (nSPS) is 12.7. The highest BCUT2D eigenvalue weighted by atomic mass is 32.1. The van der Waals surface area contributed by atoms with Gasteiger partial charge in [-0.2, -0.15) is 5.10 Å². The summed E-state index contributed by atoms with van der Waals surface area (Å²) in [6.07, 6.45) is 0.880. The molecule has 0 spiro atoms. The van der Waals surface area contributed by atoms with Gasteiger partial charge in [0.25, 0.3) is 5.69 Å². The summed E-state index contributed by atoms with van der Waals surface area (Å²) in [5.41, 5.74) is 4.94. The lowest BCUT2D eigenvalue weighted by Gasteiger charge is -2.08. The monoisotopic (exact) mass is 436 g/mol. The summed E-state index contributed by atoms with van der Waals surface area (Å²) in [6, 6.07) is 14.8. The Labute approximate surface area is 186 Å². The van der Waals surface area contributed by atoms with E-state index in [1.807, 2.05) is 29.1 Å². The molecule has 1 heterocycles. The van der Waals surface area contributed by atoms with Crippen LogP contribution in [0.2, 0.25) is 0 Å². The highest BCUT2D eigenvalue weighted by Gasteiger charge is 2.11. The molecule has 0 fully saturated rings. The Hall–Kier alpha value is -3.06. The number of rotatable bonds is 7. The summed E-state index contributed by atoms with van der Waals surface area (Å²) in [5, 5.41) is 17.8. The van der Waals surface area contributed by atoms with Gasteiger partial charge in [0, 0.05) is 28.8 Å². The van der Waals surface area contributed by atoms with Crippen molar-refractivity contribution in [1.29, 1.82) is 0 Å². The predicted octanol–water partition coefficient (Wildman–Crippen LogP) is 6.75. The van der Waals surface area contributed by atoms with Gasteiger partial charge < -0.3 is 0 Å². The van der Waals surface area contributed by atoms with Crippen LogP contribution >= 0.6 is 11.3 Å². The average Bonchev–Trinajstić information content (AvgIpc) is 3.09. The molecule has 0 saturated carbocycles. The molecule has 31 heavy (non-hydrogen) atoms. The van der Waals surface area contributed by atoms with E-state index >= 15 is 0 Å². The van der Waals surface area contributed by atoms with Crippen LogP contribution in [0.5, 0.6) is 0 Å². The fourth-order valence-corrected chi connectivity index (χ4v) is 4.12. The Kier molecular flexibility index (Phi) is 7.17. The molecule has 0 unspecified atom stereocenters. The molecule has 0 aliphatic rings. The van der Waals surface area contributed by atoms with Crippen LogP contribution in [0.25, 0.3) is 11.3 Å². The van der Waals surface area contributed by atoms with E-state index in [9.17, 15) is 10.1 Å². The molecular formula is C24H28N4O2S. The first-order valence-corrected chi connectivity index (χ1v) is 11.3. The van der Waals surface area contributed by atoms with Crippen molar-refractivity contribution in [2.75, 3.05) is 0 Å². The number of hydrogen-bond donors (Lipinski definition) is 0. The quantitative estimate of drug-likeness (QED) is 0.233. The number of nitro groups is 1. The van der Waals surface area contributed by atoms with E-state index in [1.165, 1.54) is 29.0 Å². The average molecular weight is 437 g/mol. The van der Waals surface area contributed by atoms with Crippen molar-refractivity contribution in [2.45, 2.75) is 47.0 Å². The van der Waals surface area contributed by atoms with E-state index in [0.29, 0.717) is 11.8 Å². The van der Waals surface area contributed by atoms with Crippen molar-refractivity contribution in [1.82, 2.24) is 4.68 Å². The van der Waals surface area contributed by atoms with E-state index < -0.39 is 4.92 Å². The maximum atomic E-state index is 11.0. The minimum atomic E-state index is -0.391. The highest BCUT2D eigenvalue weighted by molar-refractivity contribution is 7.07. The van der Waals surface area contributed by atoms with E-state index in [2.05, 4.69) is 39.8 Å². The Morgan fingerprint density at radius 3 is 2.26 bits per heavy atom. The van der Waals surface area contributed by atoms with Crippen molar-refractivity contribution in [2.24, 2.45) is 16.0 Å². The number of aromatic nitrogens is 1. The van der Waals surface area contributed by atoms with Crippen LogP contribution in [-0.2, 0) is 0 Å². The van der Waals surface area contributed by atoms with Gasteiger partial charge in [-0.3, -0.25) is 10.1 Å². The summed E-state index contributed by atoms with van der Waals surface area (Å²) in [5.74, 6) is 0.965. The minimum Gasteiger partial charge on any atom is -0.258 e.